The van der Waals surface area contributed by atoms with Crippen molar-refractivity contribution in [2.75, 3.05) is 0 Å². The lowest BCUT2D eigenvalue weighted by atomic mass is 10.1. The predicted molar refractivity (Wildman–Crippen MR) is 92.7 cm³/mol. The fourth-order valence-corrected chi connectivity index (χ4v) is 3.14. The zero-order chi connectivity index (χ0) is 17.2. The van der Waals surface area contributed by atoms with Crippen LogP contribution in [0.4, 0.5) is 0 Å². The first kappa shape index (κ1) is 15.6. The smallest absolute Gasteiger partial charge is 0.247 e. The van der Waals surface area contributed by atoms with Gasteiger partial charge in [0.05, 0.1) is 12.0 Å². The van der Waals surface area contributed by atoms with Gasteiger partial charge in [0.2, 0.25) is 11.8 Å². The Kier molecular flexibility index (Phi) is 4.10. The molecule has 4 rings (SSSR count). The molecule has 0 aliphatic heterocycles. The minimum absolute atomic E-state index is 0.517. The molecule has 0 aliphatic rings. The van der Waals surface area contributed by atoms with Crippen LogP contribution >= 0.6 is 11.8 Å². The van der Waals surface area contributed by atoms with Crippen LogP contribution in [0, 0.1) is 6.92 Å². The standard InChI is InChI=1S/C17H15N5O2S/c1-11-5-3-6-12(9-11)16-20-18-14(24-16)10-25-17-21-19-15(22(17)2)13-7-4-8-23-13/h3-9H,10H2,1-2H3. The average molecular weight is 353 g/mol. The predicted octanol–water partition coefficient (Wildman–Crippen LogP) is 3.73. The number of benzene rings is 1. The number of furan rings is 1. The fraction of sp³-hybridized carbons (Fsp3) is 0.176. The van der Waals surface area contributed by atoms with Gasteiger partial charge in [-0.15, -0.1) is 20.4 Å². The van der Waals surface area contributed by atoms with Crippen LogP contribution in [0.25, 0.3) is 23.0 Å². The molecule has 3 heterocycles. The van der Waals surface area contributed by atoms with Crippen molar-refractivity contribution in [2.24, 2.45) is 7.05 Å². The van der Waals surface area contributed by atoms with Crippen LogP contribution < -0.4 is 0 Å². The quantitative estimate of drug-likeness (QED) is 0.506. The second-order valence-electron chi connectivity index (χ2n) is 5.50. The number of rotatable bonds is 5. The Labute approximate surface area is 148 Å². The van der Waals surface area contributed by atoms with Gasteiger partial charge in [-0.2, -0.15) is 0 Å². The van der Waals surface area contributed by atoms with Gasteiger partial charge in [-0.3, -0.25) is 0 Å². The van der Waals surface area contributed by atoms with E-state index >= 15 is 0 Å². The van der Waals surface area contributed by atoms with Gasteiger partial charge >= 0.3 is 0 Å². The highest BCUT2D eigenvalue weighted by atomic mass is 32.2. The number of nitrogens with zero attached hydrogens (tertiary/aromatic N) is 5. The molecule has 0 amide bonds. The Bertz CT molecular complexity index is 990. The summed E-state index contributed by atoms with van der Waals surface area (Å²) in [5, 5.41) is 17.3. The summed E-state index contributed by atoms with van der Waals surface area (Å²) in [6.45, 7) is 2.03. The zero-order valence-corrected chi connectivity index (χ0v) is 14.5. The van der Waals surface area contributed by atoms with Crippen molar-refractivity contribution in [3.8, 4) is 23.0 Å². The highest BCUT2D eigenvalue weighted by Gasteiger charge is 2.15. The minimum Gasteiger partial charge on any atom is -0.461 e. The Morgan fingerprint density at radius 3 is 2.80 bits per heavy atom. The van der Waals surface area contributed by atoms with E-state index in [4.69, 9.17) is 8.83 Å². The van der Waals surface area contributed by atoms with Crippen LogP contribution in [0.2, 0.25) is 0 Å². The molecular weight excluding hydrogens is 338 g/mol. The molecule has 0 unspecified atom stereocenters. The molecule has 8 heteroatoms. The molecule has 0 radical (unpaired) electrons. The molecule has 0 atom stereocenters. The van der Waals surface area contributed by atoms with Gasteiger partial charge in [0.15, 0.2) is 16.7 Å². The molecule has 126 valence electrons. The highest BCUT2D eigenvalue weighted by molar-refractivity contribution is 7.98. The van der Waals surface area contributed by atoms with Crippen LogP contribution in [0.15, 0.2) is 56.7 Å². The topological polar surface area (TPSA) is 82.8 Å². The normalized spacial score (nSPS) is 11.1. The first-order chi connectivity index (χ1) is 12.2. The molecular formula is C17H15N5O2S. The summed E-state index contributed by atoms with van der Waals surface area (Å²) >= 11 is 1.48. The van der Waals surface area contributed by atoms with Crippen molar-refractivity contribution in [3.63, 3.8) is 0 Å². The minimum atomic E-state index is 0.517. The van der Waals surface area contributed by atoms with E-state index in [0.29, 0.717) is 29.1 Å². The van der Waals surface area contributed by atoms with Crippen molar-refractivity contribution in [3.05, 3.63) is 54.1 Å². The zero-order valence-electron chi connectivity index (χ0n) is 13.7. The lowest BCUT2D eigenvalue weighted by molar-refractivity contribution is 0.528. The Morgan fingerprint density at radius 1 is 1.08 bits per heavy atom. The fourth-order valence-electron chi connectivity index (χ4n) is 2.39. The van der Waals surface area contributed by atoms with Crippen LogP contribution in [0.3, 0.4) is 0 Å². The number of thioether (sulfide) groups is 1. The van der Waals surface area contributed by atoms with E-state index in [1.807, 2.05) is 54.9 Å². The molecule has 7 nitrogen and oxygen atoms in total. The van der Waals surface area contributed by atoms with E-state index in [1.54, 1.807) is 6.26 Å². The number of aromatic nitrogens is 5. The molecule has 0 aliphatic carbocycles. The van der Waals surface area contributed by atoms with Crippen molar-refractivity contribution < 1.29 is 8.83 Å². The summed E-state index contributed by atoms with van der Waals surface area (Å²) < 4.78 is 13.0. The van der Waals surface area contributed by atoms with Gasteiger partial charge in [-0.1, -0.05) is 29.5 Å². The van der Waals surface area contributed by atoms with E-state index in [1.165, 1.54) is 11.8 Å². The third-order valence-electron chi connectivity index (χ3n) is 3.63. The Balaban J connectivity index is 1.48. The first-order valence-corrected chi connectivity index (χ1v) is 8.65. The van der Waals surface area contributed by atoms with Gasteiger partial charge in [-0.05, 0) is 31.2 Å². The van der Waals surface area contributed by atoms with Crippen molar-refractivity contribution in [1.82, 2.24) is 25.0 Å². The monoisotopic (exact) mass is 353 g/mol. The van der Waals surface area contributed by atoms with Gasteiger partial charge in [-0.25, -0.2) is 0 Å². The number of aryl methyl sites for hydroxylation is 1. The third-order valence-corrected chi connectivity index (χ3v) is 4.64. The summed E-state index contributed by atoms with van der Waals surface area (Å²) in [6.07, 6.45) is 1.61. The van der Waals surface area contributed by atoms with Gasteiger partial charge in [0.25, 0.3) is 0 Å². The van der Waals surface area contributed by atoms with E-state index in [-0.39, 0.29) is 0 Å². The molecule has 3 aromatic heterocycles. The summed E-state index contributed by atoms with van der Waals surface area (Å²) in [5.41, 5.74) is 2.07. The van der Waals surface area contributed by atoms with E-state index in [9.17, 15) is 0 Å². The Morgan fingerprint density at radius 2 is 2.00 bits per heavy atom. The third kappa shape index (κ3) is 3.20. The molecule has 0 fully saturated rings. The maximum absolute atomic E-state index is 5.75. The van der Waals surface area contributed by atoms with Gasteiger partial charge in [0.1, 0.15) is 0 Å². The van der Waals surface area contributed by atoms with Crippen LogP contribution in [-0.4, -0.2) is 25.0 Å². The summed E-state index contributed by atoms with van der Waals surface area (Å²) in [4.78, 5) is 0. The van der Waals surface area contributed by atoms with E-state index in [0.717, 1.165) is 16.3 Å². The maximum atomic E-state index is 5.75. The Hall–Kier alpha value is -2.87. The second-order valence-corrected chi connectivity index (χ2v) is 6.44. The van der Waals surface area contributed by atoms with Crippen LogP contribution in [0.1, 0.15) is 11.5 Å². The lowest BCUT2D eigenvalue weighted by Gasteiger charge is -2.00. The number of hydrogen-bond acceptors (Lipinski definition) is 7. The van der Waals surface area contributed by atoms with Gasteiger partial charge in [0, 0.05) is 12.6 Å². The lowest BCUT2D eigenvalue weighted by Crippen LogP contribution is -1.94. The van der Waals surface area contributed by atoms with E-state index < -0.39 is 0 Å². The van der Waals surface area contributed by atoms with E-state index in [2.05, 4.69) is 20.4 Å². The summed E-state index contributed by atoms with van der Waals surface area (Å²) in [7, 11) is 1.90. The largest absolute Gasteiger partial charge is 0.461 e. The maximum Gasteiger partial charge on any atom is 0.247 e. The average Bonchev–Trinajstić information content (AvgIpc) is 3.34. The summed E-state index contributed by atoms with van der Waals surface area (Å²) in [6, 6.07) is 11.6. The molecule has 4 aromatic rings. The van der Waals surface area contributed by atoms with Crippen molar-refractivity contribution in [1.29, 1.82) is 0 Å². The number of hydrogen-bond donors (Lipinski definition) is 0. The van der Waals surface area contributed by atoms with Crippen LogP contribution in [0.5, 0.6) is 0 Å². The van der Waals surface area contributed by atoms with Crippen molar-refractivity contribution >= 4 is 11.8 Å². The molecule has 1 aromatic carbocycles. The SMILES string of the molecule is Cc1cccc(-c2nnc(CSc3nnc(-c4ccco4)n3C)o2)c1. The second kappa shape index (κ2) is 6.56. The first-order valence-electron chi connectivity index (χ1n) is 7.66. The van der Waals surface area contributed by atoms with Crippen molar-refractivity contribution in [2.45, 2.75) is 17.8 Å². The summed E-state index contributed by atoms with van der Waals surface area (Å²) in [5.74, 6) is 2.95. The van der Waals surface area contributed by atoms with Gasteiger partial charge < -0.3 is 13.4 Å². The molecule has 0 bridgehead atoms. The molecule has 0 saturated carbocycles. The van der Waals surface area contributed by atoms with Crippen LogP contribution in [-0.2, 0) is 12.8 Å². The molecule has 0 saturated heterocycles. The molecule has 25 heavy (non-hydrogen) atoms. The molecule has 0 N–H and O–H groups in total. The highest BCUT2D eigenvalue weighted by Crippen LogP contribution is 2.26. The molecule has 0 spiro atoms.